The first kappa shape index (κ1) is 22.0. The molecule has 0 saturated carbocycles. The molecule has 2 aromatic heterocycles. The number of carbonyl (C=O) groups excluding carboxylic acids is 1. The fourth-order valence-electron chi connectivity index (χ4n) is 3.42. The molecule has 0 aliphatic carbocycles. The number of nitrogens with one attached hydrogen (secondary N) is 2. The minimum atomic E-state index is -0.0304. The second-order valence-electron chi connectivity index (χ2n) is 7.71. The number of nitrogens with zero attached hydrogens (tertiary/aromatic N) is 4. The van der Waals surface area contributed by atoms with Crippen LogP contribution in [-0.2, 0) is 11.2 Å². The van der Waals surface area contributed by atoms with Gasteiger partial charge in [-0.25, -0.2) is 4.68 Å². The quantitative estimate of drug-likeness (QED) is 0.414. The molecule has 8 nitrogen and oxygen atoms in total. The summed E-state index contributed by atoms with van der Waals surface area (Å²) in [6.07, 6.45) is 1.07. The van der Waals surface area contributed by atoms with Crippen molar-refractivity contribution in [2.24, 2.45) is 0 Å². The Morgan fingerprint density at radius 1 is 0.939 bits per heavy atom. The average Bonchev–Trinajstić information content (AvgIpc) is 3.17. The van der Waals surface area contributed by atoms with Crippen LogP contribution in [0.2, 0.25) is 0 Å². The molecule has 8 heteroatoms. The Bertz CT molecular complexity index is 1220. The van der Waals surface area contributed by atoms with E-state index in [1.807, 2.05) is 80.6 Å². The van der Waals surface area contributed by atoms with Gasteiger partial charge in [0.15, 0.2) is 11.6 Å². The van der Waals surface area contributed by atoms with Crippen LogP contribution in [0.15, 0.2) is 66.7 Å². The number of benzene rings is 2. The predicted molar refractivity (Wildman–Crippen MR) is 128 cm³/mol. The first-order chi connectivity index (χ1) is 16.0. The van der Waals surface area contributed by atoms with Crippen LogP contribution in [0.4, 0.5) is 17.2 Å². The molecule has 0 aliphatic heterocycles. The van der Waals surface area contributed by atoms with Crippen molar-refractivity contribution in [2.75, 3.05) is 17.7 Å². The van der Waals surface area contributed by atoms with E-state index >= 15 is 0 Å². The molecule has 33 heavy (non-hydrogen) atoms. The number of amides is 1. The number of methoxy groups -OCH3 is 1. The van der Waals surface area contributed by atoms with Gasteiger partial charge in [-0.05, 0) is 80.4 Å². The highest BCUT2D eigenvalue weighted by molar-refractivity contribution is 5.91. The fourth-order valence-corrected chi connectivity index (χ4v) is 3.42. The topological polar surface area (TPSA) is 94.0 Å². The van der Waals surface area contributed by atoms with Crippen LogP contribution in [0.25, 0.3) is 5.82 Å². The van der Waals surface area contributed by atoms with E-state index in [0.29, 0.717) is 24.5 Å². The van der Waals surface area contributed by atoms with Gasteiger partial charge in [0.25, 0.3) is 0 Å². The zero-order valence-corrected chi connectivity index (χ0v) is 18.9. The van der Waals surface area contributed by atoms with Gasteiger partial charge in [-0.1, -0.05) is 12.1 Å². The summed E-state index contributed by atoms with van der Waals surface area (Å²) in [5, 5.41) is 19.1. The SMILES string of the molecule is COc1ccc(CCC(=O)Nc2ccc(Nc3ccc(-n4nc(C)cc4C)nn3)cc2)cc1. The molecule has 2 aromatic carbocycles. The van der Waals surface area contributed by atoms with Gasteiger partial charge < -0.3 is 15.4 Å². The van der Waals surface area contributed by atoms with E-state index in [1.165, 1.54) is 0 Å². The van der Waals surface area contributed by atoms with E-state index in [9.17, 15) is 4.79 Å². The molecule has 168 valence electrons. The van der Waals surface area contributed by atoms with Gasteiger partial charge in [-0.3, -0.25) is 4.79 Å². The zero-order chi connectivity index (χ0) is 23.2. The second kappa shape index (κ2) is 9.95. The lowest BCUT2D eigenvalue weighted by Gasteiger charge is -2.09. The summed E-state index contributed by atoms with van der Waals surface area (Å²) in [6.45, 7) is 3.92. The van der Waals surface area contributed by atoms with E-state index in [4.69, 9.17) is 4.74 Å². The Morgan fingerprint density at radius 3 is 2.27 bits per heavy atom. The van der Waals surface area contributed by atoms with Gasteiger partial charge in [0.1, 0.15) is 5.75 Å². The monoisotopic (exact) mass is 442 g/mol. The van der Waals surface area contributed by atoms with Crippen molar-refractivity contribution in [3.05, 3.63) is 83.7 Å². The highest BCUT2D eigenvalue weighted by Crippen LogP contribution is 2.19. The van der Waals surface area contributed by atoms with Crippen molar-refractivity contribution in [1.29, 1.82) is 0 Å². The van der Waals surface area contributed by atoms with Crippen molar-refractivity contribution < 1.29 is 9.53 Å². The molecule has 1 amide bonds. The number of aryl methyl sites for hydroxylation is 3. The largest absolute Gasteiger partial charge is 0.497 e. The van der Waals surface area contributed by atoms with E-state index in [2.05, 4.69) is 25.9 Å². The smallest absolute Gasteiger partial charge is 0.224 e. The van der Waals surface area contributed by atoms with Crippen LogP contribution in [0.3, 0.4) is 0 Å². The molecule has 2 N–H and O–H groups in total. The lowest BCUT2D eigenvalue weighted by atomic mass is 10.1. The summed E-state index contributed by atoms with van der Waals surface area (Å²) < 4.78 is 6.92. The summed E-state index contributed by atoms with van der Waals surface area (Å²) in [7, 11) is 1.64. The van der Waals surface area contributed by atoms with Gasteiger partial charge >= 0.3 is 0 Å². The molecule has 0 aliphatic rings. The predicted octanol–water partition coefficient (Wildman–Crippen LogP) is 4.60. The van der Waals surface area contributed by atoms with Crippen molar-refractivity contribution >= 4 is 23.1 Å². The van der Waals surface area contributed by atoms with E-state index in [0.717, 1.165) is 34.1 Å². The van der Waals surface area contributed by atoms with Crippen LogP contribution in [-0.4, -0.2) is 33.0 Å². The van der Waals surface area contributed by atoms with Crippen molar-refractivity contribution in [2.45, 2.75) is 26.7 Å². The summed E-state index contributed by atoms with van der Waals surface area (Å²) in [6, 6.07) is 20.9. The minimum absolute atomic E-state index is 0.0304. The van der Waals surface area contributed by atoms with Crippen molar-refractivity contribution in [3.63, 3.8) is 0 Å². The maximum absolute atomic E-state index is 12.3. The van der Waals surface area contributed by atoms with Gasteiger partial charge in [-0.15, -0.1) is 10.2 Å². The molecule has 0 saturated heterocycles. The Labute approximate surface area is 192 Å². The summed E-state index contributed by atoms with van der Waals surface area (Å²) in [5.74, 6) is 2.06. The third-order valence-electron chi connectivity index (χ3n) is 5.12. The molecule has 4 rings (SSSR count). The molecule has 0 unspecified atom stereocenters. The third-order valence-corrected chi connectivity index (χ3v) is 5.12. The average molecular weight is 443 g/mol. The maximum Gasteiger partial charge on any atom is 0.224 e. The van der Waals surface area contributed by atoms with E-state index in [1.54, 1.807) is 11.8 Å². The molecule has 4 aromatic rings. The normalized spacial score (nSPS) is 10.6. The van der Waals surface area contributed by atoms with Gasteiger partial charge in [0, 0.05) is 23.5 Å². The summed E-state index contributed by atoms with van der Waals surface area (Å²) in [4.78, 5) is 12.3. The summed E-state index contributed by atoms with van der Waals surface area (Å²) in [5.41, 5.74) is 4.62. The van der Waals surface area contributed by atoms with Crippen LogP contribution in [0, 0.1) is 13.8 Å². The molecule has 0 spiro atoms. The number of hydrogen-bond donors (Lipinski definition) is 2. The summed E-state index contributed by atoms with van der Waals surface area (Å²) >= 11 is 0. The first-order valence-corrected chi connectivity index (χ1v) is 10.7. The first-order valence-electron chi connectivity index (χ1n) is 10.7. The molecular formula is C25H26N6O2. The van der Waals surface area contributed by atoms with Crippen LogP contribution < -0.4 is 15.4 Å². The van der Waals surface area contributed by atoms with Crippen molar-refractivity contribution in [3.8, 4) is 11.6 Å². The minimum Gasteiger partial charge on any atom is -0.497 e. The standard InChI is InChI=1S/C25H26N6O2/c1-17-16-18(2)31(30-17)24-14-13-23(28-29-24)26-20-7-9-21(10-8-20)27-25(32)15-6-19-4-11-22(33-3)12-5-19/h4-5,7-14,16H,6,15H2,1-3H3,(H,26,28)(H,27,32). The Hall–Kier alpha value is -4.20. The number of hydrogen-bond acceptors (Lipinski definition) is 6. The van der Waals surface area contributed by atoms with E-state index in [-0.39, 0.29) is 5.91 Å². The second-order valence-corrected chi connectivity index (χ2v) is 7.71. The molecule has 0 atom stereocenters. The Kier molecular flexibility index (Phi) is 6.64. The number of rotatable bonds is 8. The maximum atomic E-state index is 12.3. The van der Waals surface area contributed by atoms with Crippen LogP contribution in [0.1, 0.15) is 23.4 Å². The number of ether oxygens (including phenoxy) is 1. The lowest BCUT2D eigenvalue weighted by Crippen LogP contribution is -2.12. The van der Waals surface area contributed by atoms with Gasteiger partial charge in [-0.2, -0.15) is 5.10 Å². The number of anilines is 3. The Morgan fingerprint density at radius 2 is 1.67 bits per heavy atom. The zero-order valence-electron chi connectivity index (χ0n) is 18.9. The molecule has 0 fully saturated rings. The molecule has 0 radical (unpaired) electrons. The van der Waals surface area contributed by atoms with E-state index < -0.39 is 0 Å². The number of carbonyl (C=O) groups is 1. The van der Waals surface area contributed by atoms with Gasteiger partial charge in [0.2, 0.25) is 5.91 Å². The third kappa shape index (κ3) is 5.74. The van der Waals surface area contributed by atoms with Crippen LogP contribution in [0.5, 0.6) is 5.75 Å². The Balaban J connectivity index is 1.29. The van der Waals surface area contributed by atoms with Gasteiger partial charge in [0.05, 0.1) is 12.8 Å². The highest BCUT2D eigenvalue weighted by atomic mass is 16.5. The fraction of sp³-hybridized carbons (Fsp3) is 0.200. The molecule has 2 heterocycles. The highest BCUT2D eigenvalue weighted by Gasteiger charge is 2.07. The van der Waals surface area contributed by atoms with Crippen molar-refractivity contribution in [1.82, 2.24) is 20.0 Å². The molecule has 0 bridgehead atoms. The molecular weight excluding hydrogens is 416 g/mol. The van der Waals surface area contributed by atoms with Crippen LogP contribution >= 0.6 is 0 Å². The lowest BCUT2D eigenvalue weighted by molar-refractivity contribution is -0.116. The number of aromatic nitrogens is 4.